The fourth-order valence-corrected chi connectivity index (χ4v) is 3.63. The third-order valence-electron chi connectivity index (χ3n) is 5.30. The molecule has 1 aliphatic heterocycles. The summed E-state index contributed by atoms with van der Waals surface area (Å²) in [7, 11) is 0. The van der Waals surface area contributed by atoms with Crippen molar-refractivity contribution < 1.29 is 9.59 Å². The first-order valence-electron chi connectivity index (χ1n) is 9.52. The third kappa shape index (κ3) is 4.98. The Labute approximate surface area is 162 Å². The smallest absolute Gasteiger partial charge is 0.254 e. The summed E-state index contributed by atoms with van der Waals surface area (Å²) >= 11 is 0. The van der Waals surface area contributed by atoms with Crippen molar-refractivity contribution in [2.75, 3.05) is 25.0 Å². The van der Waals surface area contributed by atoms with E-state index in [0.29, 0.717) is 17.5 Å². The maximum absolute atomic E-state index is 13.1. The first-order chi connectivity index (χ1) is 12.1. The van der Waals surface area contributed by atoms with Gasteiger partial charge in [0.05, 0.1) is 0 Å². The largest absolute Gasteiger partial charge is 0.336 e. The molecule has 0 spiro atoms. The molecule has 26 heavy (non-hydrogen) atoms. The Morgan fingerprint density at radius 1 is 1.27 bits per heavy atom. The predicted octanol–water partition coefficient (Wildman–Crippen LogP) is 3.31. The van der Waals surface area contributed by atoms with Crippen molar-refractivity contribution in [2.24, 2.45) is 11.8 Å². The van der Waals surface area contributed by atoms with Gasteiger partial charge in [-0.15, -0.1) is 12.4 Å². The third-order valence-corrected chi connectivity index (χ3v) is 5.30. The Bertz CT molecular complexity index is 631. The van der Waals surface area contributed by atoms with Gasteiger partial charge in [-0.05, 0) is 62.9 Å². The van der Waals surface area contributed by atoms with Gasteiger partial charge in [-0.1, -0.05) is 19.9 Å². The van der Waals surface area contributed by atoms with Gasteiger partial charge in [0.2, 0.25) is 5.91 Å². The molecular formula is C20H30ClN3O2. The Morgan fingerprint density at radius 3 is 2.58 bits per heavy atom. The lowest BCUT2D eigenvalue weighted by molar-refractivity contribution is -0.117. The number of rotatable bonds is 6. The molecule has 1 aromatic rings. The van der Waals surface area contributed by atoms with Gasteiger partial charge in [0.25, 0.3) is 5.91 Å². The maximum Gasteiger partial charge on any atom is 0.254 e. The number of hydrogen-bond acceptors (Lipinski definition) is 3. The molecule has 1 aliphatic carbocycles. The van der Waals surface area contributed by atoms with Crippen LogP contribution in [0.4, 0.5) is 5.69 Å². The lowest BCUT2D eigenvalue weighted by Crippen LogP contribution is -2.46. The molecule has 3 rings (SSSR count). The average molecular weight is 380 g/mol. The number of halogens is 1. The molecule has 2 fully saturated rings. The number of amides is 2. The summed E-state index contributed by atoms with van der Waals surface area (Å²) in [6.07, 6.45) is 3.92. The highest BCUT2D eigenvalue weighted by molar-refractivity contribution is 5.98. The summed E-state index contributed by atoms with van der Waals surface area (Å²) < 4.78 is 0. The highest BCUT2D eigenvalue weighted by Gasteiger charge is 2.39. The van der Waals surface area contributed by atoms with Gasteiger partial charge >= 0.3 is 0 Å². The number of benzene rings is 1. The summed E-state index contributed by atoms with van der Waals surface area (Å²) in [5.74, 6) is 0.751. The molecule has 1 saturated carbocycles. The zero-order chi connectivity index (χ0) is 17.8. The van der Waals surface area contributed by atoms with E-state index in [0.717, 1.165) is 51.0 Å². The van der Waals surface area contributed by atoms with Gasteiger partial charge in [0.15, 0.2) is 0 Å². The van der Waals surface area contributed by atoms with Crippen molar-refractivity contribution in [3.63, 3.8) is 0 Å². The lowest BCUT2D eigenvalue weighted by atomic mass is 10.0. The predicted molar refractivity (Wildman–Crippen MR) is 107 cm³/mol. The normalized spacial score (nSPS) is 22.2. The minimum Gasteiger partial charge on any atom is -0.336 e. The zero-order valence-corrected chi connectivity index (χ0v) is 16.5. The molecule has 2 atom stereocenters. The molecule has 5 nitrogen and oxygen atoms in total. The van der Waals surface area contributed by atoms with Gasteiger partial charge in [0, 0.05) is 29.8 Å². The van der Waals surface area contributed by atoms with E-state index in [1.165, 1.54) is 0 Å². The minimum atomic E-state index is 0. The van der Waals surface area contributed by atoms with Crippen molar-refractivity contribution >= 4 is 29.9 Å². The SMILES string of the molecule is CCCN(C(=O)c1cccc(NC(=O)C2CC2C)c1)C1CCNCC1.Cl. The van der Waals surface area contributed by atoms with E-state index in [2.05, 4.69) is 24.5 Å². The van der Waals surface area contributed by atoms with Crippen LogP contribution in [-0.2, 0) is 4.79 Å². The summed E-state index contributed by atoms with van der Waals surface area (Å²) in [6, 6.07) is 7.68. The van der Waals surface area contributed by atoms with Gasteiger partial charge in [-0.3, -0.25) is 9.59 Å². The van der Waals surface area contributed by atoms with Crippen LogP contribution in [0.1, 0.15) is 49.9 Å². The summed E-state index contributed by atoms with van der Waals surface area (Å²) in [4.78, 5) is 27.2. The van der Waals surface area contributed by atoms with Gasteiger partial charge in [-0.2, -0.15) is 0 Å². The number of carbonyl (C=O) groups is 2. The molecule has 144 valence electrons. The van der Waals surface area contributed by atoms with Crippen molar-refractivity contribution in [1.82, 2.24) is 10.2 Å². The number of nitrogens with zero attached hydrogens (tertiary/aromatic N) is 1. The van der Waals surface area contributed by atoms with Crippen molar-refractivity contribution in [2.45, 2.75) is 45.6 Å². The molecule has 2 amide bonds. The van der Waals surface area contributed by atoms with Gasteiger partial charge < -0.3 is 15.5 Å². The molecule has 1 aromatic carbocycles. The Kier molecular flexibility index (Phi) is 7.47. The Morgan fingerprint density at radius 2 is 1.96 bits per heavy atom. The second-order valence-electron chi connectivity index (χ2n) is 7.37. The first-order valence-corrected chi connectivity index (χ1v) is 9.52. The van der Waals surface area contributed by atoms with E-state index in [4.69, 9.17) is 0 Å². The van der Waals surface area contributed by atoms with Gasteiger partial charge in [-0.25, -0.2) is 0 Å². The van der Waals surface area contributed by atoms with Crippen molar-refractivity contribution in [3.05, 3.63) is 29.8 Å². The summed E-state index contributed by atoms with van der Waals surface area (Å²) in [5, 5.41) is 6.32. The van der Waals surface area contributed by atoms with Crippen LogP contribution in [0.25, 0.3) is 0 Å². The maximum atomic E-state index is 13.1. The van der Waals surface area contributed by atoms with Crippen LogP contribution in [0.15, 0.2) is 24.3 Å². The number of piperidine rings is 1. The van der Waals surface area contributed by atoms with E-state index in [-0.39, 0.29) is 30.1 Å². The molecule has 1 heterocycles. The van der Waals surface area contributed by atoms with Crippen molar-refractivity contribution in [3.8, 4) is 0 Å². The van der Waals surface area contributed by atoms with Crippen LogP contribution < -0.4 is 10.6 Å². The lowest BCUT2D eigenvalue weighted by Gasteiger charge is -2.34. The van der Waals surface area contributed by atoms with E-state index in [9.17, 15) is 9.59 Å². The van der Waals surface area contributed by atoms with Crippen LogP contribution in [0.2, 0.25) is 0 Å². The van der Waals surface area contributed by atoms with E-state index in [1.807, 2.05) is 29.2 Å². The standard InChI is InChI=1S/C20H29N3O2.ClH/c1-3-11-23(17-7-9-21-10-8-17)20(25)15-5-4-6-16(13-15)22-19(24)18-12-14(18)2;/h4-6,13-14,17-18,21H,3,7-12H2,1-2H3,(H,22,24);1H. The zero-order valence-electron chi connectivity index (χ0n) is 15.7. The minimum absolute atomic E-state index is 0. The molecule has 1 saturated heterocycles. The Balaban J connectivity index is 0.00000243. The molecule has 0 aromatic heterocycles. The Hall–Kier alpha value is -1.59. The molecule has 6 heteroatoms. The average Bonchev–Trinajstić information content (AvgIpc) is 3.37. The van der Waals surface area contributed by atoms with Crippen LogP contribution in [0.3, 0.4) is 0 Å². The number of anilines is 1. The van der Waals surface area contributed by atoms with Crippen LogP contribution in [0.5, 0.6) is 0 Å². The highest BCUT2D eigenvalue weighted by atomic mass is 35.5. The molecule has 2 aliphatic rings. The first kappa shape index (κ1) is 20.7. The fraction of sp³-hybridized carbons (Fsp3) is 0.600. The molecule has 0 bridgehead atoms. The molecule has 2 N–H and O–H groups in total. The quantitative estimate of drug-likeness (QED) is 0.797. The molecule has 2 unspecified atom stereocenters. The highest BCUT2D eigenvalue weighted by Crippen LogP contribution is 2.38. The topological polar surface area (TPSA) is 61.4 Å². The van der Waals surface area contributed by atoms with E-state index >= 15 is 0 Å². The number of hydrogen-bond donors (Lipinski definition) is 2. The van der Waals surface area contributed by atoms with E-state index < -0.39 is 0 Å². The van der Waals surface area contributed by atoms with Crippen LogP contribution in [-0.4, -0.2) is 42.4 Å². The number of nitrogens with one attached hydrogen (secondary N) is 2. The van der Waals surface area contributed by atoms with Gasteiger partial charge in [0.1, 0.15) is 0 Å². The number of carbonyl (C=O) groups excluding carboxylic acids is 2. The summed E-state index contributed by atoms with van der Waals surface area (Å²) in [6.45, 7) is 6.90. The summed E-state index contributed by atoms with van der Waals surface area (Å²) in [5.41, 5.74) is 1.38. The van der Waals surface area contributed by atoms with Crippen LogP contribution in [0, 0.1) is 11.8 Å². The molecular weight excluding hydrogens is 350 g/mol. The van der Waals surface area contributed by atoms with E-state index in [1.54, 1.807) is 0 Å². The second kappa shape index (κ2) is 9.38. The van der Waals surface area contributed by atoms with Crippen LogP contribution >= 0.6 is 12.4 Å². The monoisotopic (exact) mass is 379 g/mol. The molecule has 0 radical (unpaired) electrons. The fourth-order valence-electron chi connectivity index (χ4n) is 3.63. The second-order valence-corrected chi connectivity index (χ2v) is 7.37. The van der Waals surface area contributed by atoms with Crippen molar-refractivity contribution in [1.29, 1.82) is 0 Å².